The van der Waals surface area contributed by atoms with E-state index in [0.29, 0.717) is 34.4 Å². The van der Waals surface area contributed by atoms with Crippen LogP contribution in [0.1, 0.15) is 53.4 Å². The molecule has 188 valence electrons. The second kappa shape index (κ2) is 8.22. The predicted octanol–water partition coefficient (Wildman–Crippen LogP) is 4.21. The summed E-state index contributed by atoms with van der Waals surface area (Å²) < 4.78 is 15.1. The molecule has 3 aliphatic rings. The smallest absolute Gasteiger partial charge is 0.264 e. The van der Waals surface area contributed by atoms with Crippen molar-refractivity contribution in [2.24, 2.45) is 11.1 Å². The summed E-state index contributed by atoms with van der Waals surface area (Å²) >= 11 is 6.05. The van der Waals surface area contributed by atoms with Crippen LogP contribution in [0.25, 0.3) is 16.6 Å². The third-order valence-corrected chi connectivity index (χ3v) is 8.58. The molecule has 1 aliphatic heterocycles. The number of fused-ring (bicyclic) bond motifs is 3. The summed E-state index contributed by atoms with van der Waals surface area (Å²) in [6, 6.07) is 11.8. The van der Waals surface area contributed by atoms with Gasteiger partial charge in [-0.3, -0.25) is 14.9 Å². The number of aryl methyl sites for hydroxylation is 1. The van der Waals surface area contributed by atoms with Crippen molar-refractivity contribution in [1.82, 2.24) is 25.1 Å². The largest absolute Gasteiger partial charge is 0.342 e. The normalized spacial score (nSPS) is 20.5. The number of piperidine rings is 1. The van der Waals surface area contributed by atoms with Gasteiger partial charge in [0.25, 0.3) is 5.56 Å². The first kappa shape index (κ1) is 22.6. The number of nitrogens with two attached hydrogens (primary N) is 1. The third-order valence-electron chi connectivity index (χ3n) is 8.37. The molecule has 1 fully saturated rings. The molecule has 7 rings (SSSR count). The number of H-pyrrole nitrogens is 2. The topological polar surface area (TPSA) is 117 Å². The van der Waals surface area contributed by atoms with Crippen LogP contribution in [0, 0.1) is 5.41 Å². The van der Waals surface area contributed by atoms with Crippen LogP contribution in [-0.2, 0) is 12.8 Å². The maximum absolute atomic E-state index is 15.1. The van der Waals surface area contributed by atoms with Gasteiger partial charge >= 0.3 is 0 Å². The highest BCUT2D eigenvalue weighted by Crippen LogP contribution is 2.50. The average Bonchev–Trinajstić information content (AvgIpc) is 3.44. The van der Waals surface area contributed by atoms with Gasteiger partial charge in [-0.05, 0) is 54.4 Å². The number of nitrogens with one attached hydrogen (secondary N) is 2. The number of aromatic amines is 2. The molecule has 1 saturated heterocycles. The fourth-order valence-electron chi connectivity index (χ4n) is 6.37. The van der Waals surface area contributed by atoms with E-state index in [1.165, 1.54) is 11.1 Å². The van der Waals surface area contributed by atoms with Crippen LogP contribution in [0.5, 0.6) is 0 Å². The lowest BCUT2D eigenvalue weighted by molar-refractivity contribution is 0.187. The number of aromatic nitrogens is 5. The van der Waals surface area contributed by atoms with Crippen molar-refractivity contribution >= 4 is 34.2 Å². The maximum atomic E-state index is 15.1. The van der Waals surface area contributed by atoms with E-state index in [1.54, 1.807) is 12.1 Å². The average molecular weight is 518 g/mol. The monoisotopic (exact) mass is 517 g/mol. The number of hydrogen-bond acceptors (Lipinski definition) is 6. The van der Waals surface area contributed by atoms with E-state index in [2.05, 4.69) is 54.3 Å². The number of hydrogen-bond donors (Lipinski definition) is 3. The van der Waals surface area contributed by atoms with Gasteiger partial charge < -0.3 is 10.6 Å². The molecule has 4 aromatic rings. The van der Waals surface area contributed by atoms with Crippen molar-refractivity contribution in [1.29, 1.82) is 0 Å². The van der Waals surface area contributed by atoms with E-state index in [-0.39, 0.29) is 45.9 Å². The molecule has 3 aromatic heterocycles. The fraction of sp³-hybridized carbons (Fsp3) is 0.333. The molecule has 2 aliphatic carbocycles. The van der Waals surface area contributed by atoms with Gasteiger partial charge in [-0.1, -0.05) is 35.9 Å². The minimum absolute atomic E-state index is 0.0152. The Hall–Kier alpha value is -3.56. The number of pyridine rings is 1. The lowest BCUT2D eigenvalue weighted by atomic mass is 9.73. The molecular weight excluding hydrogens is 493 g/mol. The predicted molar refractivity (Wildman–Crippen MR) is 140 cm³/mol. The quantitative estimate of drug-likeness (QED) is 0.343. The molecule has 1 aromatic carbocycles. The highest BCUT2D eigenvalue weighted by molar-refractivity contribution is 6.29. The van der Waals surface area contributed by atoms with E-state index in [1.807, 2.05) is 0 Å². The van der Waals surface area contributed by atoms with Crippen LogP contribution < -0.4 is 16.2 Å². The Kier molecular flexibility index (Phi) is 5.03. The standard InChI is InChI=1S/C27H25ClFN7O/c28-19-8-5-16-18(31-19)7-6-17(29)20(16)22-21-24(35-34-22)32-26(33-25(21)37)36-11-9-27(10-12-36)13-14-3-1-2-4-15(14)23(27)30/h1-5,8,23H,6-7,9-13,30H2,(H2,32,33,34,35,37)/t23-/m1/s1. The van der Waals surface area contributed by atoms with Crippen molar-refractivity contribution in [3.63, 3.8) is 0 Å². The minimum atomic E-state index is -0.358. The summed E-state index contributed by atoms with van der Waals surface area (Å²) in [5.41, 5.74) is 11.1. The van der Waals surface area contributed by atoms with E-state index < -0.39 is 0 Å². The number of nitrogens with zero attached hydrogens (tertiary/aromatic N) is 4. The van der Waals surface area contributed by atoms with E-state index in [0.717, 1.165) is 32.4 Å². The summed E-state index contributed by atoms with van der Waals surface area (Å²) in [4.78, 5) is 27.3. The number of anilines is 1. The Labute approximate surface area is 216 Å². The minimum Gasteiger partial charge on any atom is -0.342 e. The molecule has 8 nitrogen and oxygen atoms in total. The van der Waals surface area contributed by atoms with Crippen molar-refractivity contribution in [2.45, 2.75) is 38.1 Å². The van der Waals surface area contributed by atoms with Crippen LogP contribution in [0.3, 0.4) is 0 Å². The molecule has 4 N–H and O–H groups in total. The molecule has 1 spiro atoms. The SMILES string of the molecule is N[C@@H]1c2ccccc2CC12CCN(c1nc3[nH]nc(C4=C(F)CCc5nc(Cl)ccc54)c3c(=O)[nH]1)CC2. The Morgan fingerprint density at radius 1 is 1.11 bits per heavy atom. The molecule has 1 atom stereocenters. The maximum Gasteiger partial charge on any atom is 0.264 e. The van der Waals surface area contributed by atoms with Crippen LogP contribution in [0.2, 0.25) is 5.15 Å². The van der Waals surface area contributed by atoms with E-state index in [9.17, 15) is 4.79 Å². The van der Waals surface area contributed by atoms with Crippen LogP contribution in [0.15, 0.2) is 47.0 Å². The van der Waals surface area contributed by atoms with Gasteiger partial charge in [-0.15, -0.1) is 0 Å². The van der Waals surface area contributed by atoms with E-state index in [4.69, 9.17) is 17.3 Å². The van der Waals surface area contributed by atoms with Crippen molar-refractivity contribution in [2.75, 3.05) is 18.0 Å². The van der Waals surface area contributed by atoms with Gasteiger partial charge in [-0.25, -0.2) is 9.37 Å². The second-order valence-corrected chi connectivity index (χ2v) is 10.7. The highest BCUT2D eigenvalue weighted by Gasteiger charge is 2.46. The van der Waals surface area contributed by atoms with Crippen LogP contribution >= 0.6 is 11.6 Å². The summed E-state index contributed by atoms with van der Waals surface area (Å²) in [6.07, 6.45) is 3.41. The molecule has 0 saturated carbocycles. The third kappa shape index (κ3) is 3.44. The number of halogens is 2. The number of allylic oxidation sites excluding steroid dienone is 1. The Morgan fingerprint density at radius 3 is 2.73 bits per heavy atom. The Balaban J connectivity index is 1.20. The first-order valence-electron chi connectivity index (χ1n) is 12.5. The molecule has 0 amide bonds. The molecular formula is C27H25ClFN7O. The van der Waals surface area contributed by atoms with Crippen molar-refractivity contribution in [3.8, 4) is 0 Å². The van der Waals surface area contributed by atoms with Crippen molar-refractivity contribution < 1.29 is 4.39 Å². The van der Waals surface area contributed by atoms with Gasteiger partial charge in [0.05, 0.1) is 5.69 Å². The number of rotatable bonds is 2. The zero-order valence-electron chi connectivity index (χ0n) is 20.0. The molecule has 0 bridgehead atoms. The van der Waals surface area contributed by atoms with Crippen LogP contribution in [-0.4, -0.2) is 38.2 Å². The summed E-state index contributed by atoms with van der Waals surface area (Å²) in [5.74, 6) is 0.155. The molecule has 0 radical (unpaired) electrons. The summed E-state index contributed by atoms with van der Waals surface area (Å²) in [7, 11) is 0. The van der Waals surface area contributed by atoms with Crippen LogP contribution in [0.4, 0.5) is 10.3 Å². The lowest BCUT2D eigenvalue weighted by Crippen LogP contribution is -2.45. The van der Waals surface area contributed by atoms with Gasteiger partial charge in [0, 0.05) is 36.7 Å². The Morgan fingerprint density at radius 2 is 1.92 bits per heavy atom. The second-order valence-electron chi connectivity index (χ2n) is 10.3. The molecule has 37 heavy (non-hydrogen) atoms. The van der Waals surface area contributed by atoms with Crippen molar-refractivity contribution in [3.05, 3.63) is 85.8 Å². The molecule has 10 heteroatoms. The van der Waals surface area contributed by atoms with Gasteiger partial charge in [0.1, 0.15) is 22.1 Å². The Bertz CT molecular complexity index is 1650. The van der Waals surface area contributed by atoms with Gasteiger partial charge in [0.15, 0.2) is 5.65 Å². The summed E-state index contributed by atoms with van der Waals surface area (Å²) in [6.45, 7) is 1.47. The number of benzene rings is 1. The fourth-order valence-corrected chi connectivity index (χ4v) is 6.54. The van der Waals surface area contributed by atoms with Gasteiger partial charge in [0.2, 0.25) is 5.95 Å². The molecule has 0 unspecified atom stereocenters. The first-order valence-corrected chi connectivity index (χ1v) is 12.9. The first-order chi connectivity index (χ1) is 17.9. The molecule has 4 heterocycles. The summed E-state index contributed by atoms with van der Waals surface area (Å²) in [5, 5.41) is 7.77. The zero-order chi connectivity index (χ0) is 25.3. The lowest BCUT2D eigenvalue weighted by Gasteiger charge is -2.42. The van der Waals surface area contributed by atoms with Gasteiger partial charge in [-0.2, -0.15) is 10.1 Å². The highest BCUT2D eigenvalue weighted by atomic mass is 35.5. The van der Waals surface area contributed by atoms with E-state index >= 15 is 4.39 Å². The zero-order valence-corrected chi connectivity index (χ0v) is 20.8.